The summed E-state index contributed by atoms with van der Waals surface area (Å²) < 4.78 is 0. The molecular weight excluding hydrogens is 272 g/mol. The summed E-state index contributed by atoms with van der Waals surface area (Å²) in [7, 11) is 0. The molecule has 0 aromatic heterocycles. The molecule has 0 spiro atoms. The van der Waals surface area contributed by atoms with E-state index in [1.165, 1.54) is 24.1 Å². The van der Waals surface area contributed by atoms with E-state index < -0.39 is 0 Å². The minimum Gasteiger partial charge on any atom is -0.366 e. The second-order valence-electron chi connectivity index (χ2n) is 6.47. The molecule has 4 heteroatoms. The van der Waals surface area contributed by atoms with Crippen LogP contribution >= 0.6 is 0 Å². The number of hydrogen-bond donors (Lipinski definition) is 2. The lowest BCUT2D eigenvalue weighted by Gasteiger charge is -2.26. The fourth-order valence-corrected chi connectivity index (χ4v) is 3.05. The van der Waals surface area contributed by atoms with Crippen molar-refractivity contribution in [3.05, 3.63) is 29.8 Å². The van der Waals surface area contributed by atoms with Crippen molar-refractivity contribution in [1.29, 1.82) is 0 Å². The van der Waals surface area contributed by atoms with Crippen LogP contribution in [0, 0.1) is 5.92 Å². The molecule has 1 aliphatic heterocycles. The predicted molar refractivity (Wildman–Crippen MR) is 93.7 cm³/mol. The first-order valence-electron chi connectivity index (χ1n) is 8.64. The number of nitrogens with zero attached hydrogens (tertiary/aromatic N) is 2. The topological polar surface area (TPSA) is 39.7 Å². The number of hydrogen-bond acceptors (Lipinski definition) is 2. The summed E-state index contributed by atoms with van der Waals surface area (Å²) >= 11 is 0. The van der Waals surface area contributed by atoms with E-state index in [4.69, 9.17) is 4.99 Å². The zero-order valence-electron chi connectivity index (χ0n) is 13.8. The second kappa shape index (κ2) is 7.03. The Morgan fingerprint density at radius 2 is 2.14 bits per heavy atom. The number of aliphatic imine (C=N–C) groups is 1. The highest BCUT2D eigenvalue weighted by atomic mass is 15.2. The van der Waals surface area contributed by atoms with E-state index >= 15 is 0 Å². The van der Waals surface area contributed by atoms with Crippen LogP contribution in [0.5, 0.6) is 0 Å². The molecule has 1 aliphatic carbocycles. The Labute approximate surface area is 134 Å². The minimum absolute atomic E-state index is 0.431. The Morgan fingerprint density at radius 3 is 2.91 bits per heavy atom. The van der Waals surface area contributed by atoms with Gasteiger partial charge in [-0.25, -0.2) is 0 Å². The van der Waals surface area contributed by atoms with Crippen molar-refractivity contribution >= 4 is 11.6 Å². The predicted octanol–water partition coefficient (Wildman–Crippen LogP) is 2.40. The molecule has 0 saturated heterocycles. The van der Waals surface area contributed by atoms with Gasteiger partial charge in [0.15, 0.2) is 5.96 Å². The Hall–Kier alpha value is -1.71. The molecule has 4 nitrogen and oxygen atoms in total. The van der Waals surface area contributed by atoms with Crippen LogP contribution in [-0.4, -0.2) is 38.2 Å². The van der Waals surface area contributed by atoms with Crippen LogP contribution in [0.2, 0.25) is 0 Å². The maximum atomic E-state index is 4.78. The molecule has 0 radical (unpaired) electrons. The average Bonchev–Trinajstić information content (AvgIpc) is 3.27. The van der Waals surface area contributed by atoms with E-state index in [9.17, 15) is 0 Å². The van der Waals surface area contributed by atoms with Crippen LogP contribution in [0.3, 0.4) is 0 Å². The van der Waals surface area contributed by atoms with Crippen LogP contribution in [0.1, 0.15) is 32.3 Å². The minimum atomic E-state index is 0.431. The number of fused-ring (bicyclic) bond motifs is 1. The molecule has 3 rings (SSSR count). The molecule has 1 heterocycles. The highest BCUT2D eigenvalue weighted by Gasteiger charge is 2.23. The molecular formula is C18H28N4. The molecule has 0 bridgehead atoms. The quantitative estimate of drug-likeness (QED) is 0.626. The number of para-hydroxylation sites is 1. The second-order valence-corrected chi connectivity index (χ2v) is 6.47. The van der Waals surface area contributed by atoms with Gasteiger partial charge in [0, 0.05) is 31.4 Å². The van der Waals surface area contributed by atoms with Gasteiger partial charge >= 0.3 is 0 Å². The van der Waals surface area contributed by atoms with E-state index in [1.807, 2.05) is 0 Å². The van der Waals surface area contributed by atoms with E-state index in [0.29, 0.717) is 6.04 Å². The molecule has 120 valence electrons. The smallest absolute Gasteiger partial charge is 0.191 e. The number of rotatable bonds is 6. The Balaban J connectivity index is 1.57. The maximum Gasteiger partial charge on any atom is 0.191 e. The SMILES string of the molecule is CCNC(=NCC(C)N1CCc2ccccc21)NCC1CC1. The van der Waals surface area contributed by atoms with Crippen LogP contribution in [0.4, 0.5) is 5.69 Å². The van der Waals surface area contributed by atoms with Crippen molar-refractivity contribution in [1.82, 2.24) is 10.6 Å². The lowest BCUT2D eigenvalue weighted by atomic mass is 10.2. The lowest BCUT2D eigenvalue weighted by Crippen LogP contribution is -2.40. The zero-order chi connectivity index (χ0) is 15.4. The van der Waals surface area contributed by atoms with Crippen molar-refractivity contribution in [3.63, 3.8) is 0 Å². The molecule has 1 aromatic rings. The normalized spacial score (nSPS) is 19.0. The van der Waals surface area contributed by atoms with Gasteiger partial charge in [-0.1, -0.05) is 18.2 Å². The van der Waals surface area contributed by atoms with Gasteiger partial charge in [-0.2, -0.15) is 0 Å². The third-order valence-electron chi connectivity index (χ3n) is 4.57. The van der Waals surface area contributed by atoms with Crippen molar-refractivity contribution in [2.45, 2.75) is 39.2 Å². The van der Waals surface area contributed by atoms with Gasteiger partial charge in [-0.05, 0) is 50.7 Å². The van der Waals surface area contributed by atoms with Crippen molar-refractivity contribution < 1.29 is 0 Å². The molecule has 1 aromatic carbocycles. The fourth-order valence-electron chi connectivity index (χ4n) is 3.05. The highest BCUT2D eigenvalue weighted by molar-refractivity contribution is 5.79. The van der Waals surface area contributed by atoms with Crippen LogP contribution in [0.25, 0.3) is 0 Å². The molecule has 0 amide bonds. The zero-order valence-corrected chi connectivity index (χ0v) is 13.8. The molecule has 22 heavy (non-hydrogen) atoms. The molecule has 2 aliphatic rings. The summed E-state index contributed by atoms with van der Waals surface area (Å²) in [5.41, 5.74) is 2.86. The summed E-state index contributed by atoms with van der Waals surface area (Å²) in [5, 5.41) is 6.82. The summed E-state index contributed by atoms with van der Waals surface area (Å²) in [6.45, 7) is 8.31. The number of guanidine groups is 1. The Bertz CT molecular complexity index is 522. The fraction of sp³-hybridized carbons (Fsp3) is 0.611. The van der Waals surface area contributed by atoms with E-state index in [-0.39, 0.29) is 0 Å². The largest absolute Gasteiger partial charge is 0.366 e. The lowest BCUT2D eigenvalue weighted by molar-refractivity contribution is 0.655. The van der Waals surface area contributed by atoms with Crippen molar-refractivity contribution in [3.8, 4) is 0 Å². The van der Waals surface area contributed by atoms with Gasteiger partial charge in [-0.15, -0.1) is 0 Å². The number of nitrogens with one attached hydrogen (secondary N) is 2. The van der Waals surface area contributed by atoms with Gasteiger partial charge in [0.25, 0.3) is 0 Å². The third kappa shape index (κ3) is 3.73. The third-order valence-corrected chi connectivity index (χ3v) is 4.57. The monoisotopic (exact) mass is 300 g/mol. The standard InChI is InChI=1S/C18H28N4/c1-3-19-18(21-13-15-8-9-15)20-12-14(2)22-11-10-16-6-4-5-7-17(16)22/h4-7,14-15H,3,8-13H2,1-2H3,(H2,19,20,21). The summed E-state index contributed by atoms with van der Waals surface area (Å²) in [6.07, 6.45) is 3.89. The van der Waals surface area contributed by atoms with Crippen LogP contribution in [-0.2, 0) is 6.42 Å². The molecule has 1 atom stereocenters. The molecule has 1 unspecified atom stereocenters. The molecule has 2 N–H and O–H groups in total. The van der Waals surface area contributed by atoms with Crippen LogP contribution in [0.15, 0.2) is 29.3 Å². The van der Waals surface area contributed by atoms with Crippen LogP contribution < -0.4 is 15.5 Å². The Kier molecular flexibility index (Phi) is 4.86. The first kappa shape index (κ1) is 15.2. The first-order chi connectivity index (χ1) is 10.8. The molecule has 1 fully saturated rings. The van der Waals surface area contributed by atoms with Gasteiger partial charge in [0.05, 0.1) is 6.54 Å². The number of anilines is 1. The van der Waals surface area contributed by atoms with Gasteiger partial charge in [-0.3, -0.25) is 4.99 Å². The van der Waals surface area contributed by atoms with Gasteiger partial charge in [0.1, 0.15) is 0 Å². The summed E-state index contributed by atoms with van der Waals surface area (Å²) in [4.78, 5) is 7.27. The first-order valence-corrected chi connectivity index (χ1v) is 8.64. The number of benzene rings is 1. The van der Waals surface area contributed by atoms with Gasteiger partial charge < -0.3 is 15.5 Å². The van der Waals surface area contributed by atoms with E-state index in [1.54, 1.807) is 0 Å². The highest BCUT2D eigenvalue weighted by Crippen LogP contribution is 2.29. The van der Waals surface area contributed by atoms with Crippen molar-refractivity contribution in [2.24, 2.45) is 10.9 Å². The summed E-state index contributed by atoms with van der Waals surface area (Å²) in [6, 6.07) is 9.18. The molecule has 1 saturated carbocycles. The van der Waals surface area contributed by atoms with Gasteiger partial charge in [0.2, 0.25) is 0 Å². The Morgan fingerprint density at radius 1 is 1.32 bits per heavy atom. The van der Waals surface area contributed by atoms with Crippen molar-refractivity contribution in [2.75, 3.05) is 31.1 Å². The van der Waals surface area contributed by atoms with E-state index in [0.717, 1.165) is 44.5 Å². The maximum absolute atomic E-state index is 4.78. The average molecular weight is 300 g/mol. The van der Waals surface area contributed by atoms with E-state index in [2.05, 4.69) is 53.6 Å². The summed E-state index contributed by atoms with van der Waals surface area (Å²) in [5.74, 6) is 1.83.